The van der Waals surface area contributed by atoms with Crippen molar-refractivity contribution >= 4 is 27.0 Å². The molecule has 4 aromatic rings. The van der Waals surface area contributed by atoms with Gasteiger partial charge in [0.15, 0.2) is 11.5 Å². The van der Waals surface area contributed by atoms with E-state index in [1.165, 1.54) is 0 Å². The molecular formula is C26H30N4O4S. The average Bonchev–Trinajstić information content (AvgIpc) is 3.46. The van der Waals surface area contributed by atoms with Crippen molar-refractivity contribution in [3.63, 3.8) is 0 Å². The van der Waals surface area contributed by atoms with Crippen molar-refractivity contribution in [3.05, 3.63) is 54.4 Å². The number of aromatic nitrogens is 3. The van der Waals surface area contributed by atoms with Crippen LogP contribution in [0.4, 0.5) is 0 Å². The maximum atomic E-state index is 12.7. The van der Waals surface area contributed by atoms with Crippen molar-refractivity contribution in [2.45, 2.75) is 6.73 Å². The maximum absolute atomic E-state index is 12.7. The number of carbonyl (C=O) groups excluding carboxylic acids is 1. The number of hydrogen-bond donors (Lipinski definition) is 2. The zero-order chi connectivity index (χ0) is 24.6. The second-order valence-corrected chi connectivity index (χ2v) is 14.0. The number of nitrogens with zero attached hydrogens (tertiary/aromatic N) is 2. The highest BCUT2D eigenvalue weighted by molar-refractivity contribution is 8.32. The van der Waals surface area contributed by atoms with E-state index in [4.69, 9.17) is 19.9 Å². The van der Waals surface area contributed by atoms with Gasteiger partial charge in [0.1, 0.15) is 25.6 Å². The first kappa shape index (κ1) is 23.3. The fraction of sp³-hybridized carbons (Fsp3) is 0.308. The molecule has 1 aromatic carbocycles. The maximum Gasteiger partial charge on any atom is 0.250 e. The topological polar surface area (TPSA) is 104 Å². The number of rotatable bonds is 8. The van der Waals surface area contributed by atoms with Gasteiger partial charge in [0.25, 0.3) is 5.91 Å². The van der Waals surface area contributed by atoms with Gasteiger partial charge in [-0.25, -0.2) is 15.0 Å². The predicted molar refractivity (Wildman–Crippen MR) is 141 cm³/mol. The lowest BCUT2D eigenvalue weighted by Crippen LogP contribution is -2.16. The summed E-state index contributed by atoms with van der Waals surface area (Å²) in [5.41, 5.74) is 10.3. The SMILES string of the molecule is CS(C)(C)CCOCn1c(-c2ccnc3[nH]ccc23)cc(C(N)=O)c1-c1ccc2c(c1)OCCO2. The molecule has 0 saturated carbocycles. The summed E-state index contributed by atoms with van der Waals surface area (Å²) in [4.78, 5) is 20.2. The highest BCUT2D eigenvalue weighted by Crippen LogP contribution is 2.40. The second kappa shape index (κ2) is 9.31. The molecule has 3 N–H and O–H groups in total. The Balaban J connectivity index is 1.66. The lowest BCUT2D eigenvalue weighted by molar-refractivity contribution is 0.0917. The second-order valence-electron chi connectivity index (χ2n) is 9.37. The summed E-state index contributed by atoms with van der Waals surface area (Å²) in [5, 5.41) is 0.954. The average molecular weight is 495 g/mol. The summed E-state index contributed by atoms with van der Waals surface area (Å²) in [6, 6.07) is 11.5. The number of pyridine rings is 1. The van der Waals surface area contributed by atoms with Gasteiger partial charge in [0, 0.05) is 34.7 Å². The van der Waals surface area contributed by atoms with Crippen LogP contribution in [-0.4, -0.2) is 64.8 Å². The summed E-state index contributed by atoms with van der Waals surface area (Å²) < 4.78 is 19.7. The highest BCUT2D eigenvalue weighted by atomic mass is 32.3. The van der Waals surface area contributed by atoms with E-state index in [-0.39, 0.29) is 6.73 Å². The number of aromatic amines is 1. The smallest absolute Gasteiger partial charge is 0.250 e. The normalized spacial score (nSPS) is 13.8. The van der Waals surface area contributed by atoms with Gasteiger partial charge in [-0.15, -0.1) is 0 Å². The molecule has 9 heteroatoms. The quantitative estimate of drug-likeness (QED) is 0.357. The van der Waals surface area contributed by atoms with Crippen LogP contribution in [0.1, 0.15) is 10.4 Å². The monoisotopic (exact) mass is 494 g/mol. The fourth-order valence-electron chi connectivity index (χ4n) is 4.24. The summed E-state index contributed by atoms with van der Waals surface area (Å²) in [5.74, 6) is 1.82. The molecule has 3 aromatic heterocycles. The third-order valence-electron chi connectivity index (χ3n) is 5.97. The van der Waals surface area contributed by atoms with Gasteiger partial charge in [0.05, 0.1) is 23.6 Å². The number of hydrogen-bond acceptors (Lipinski definition) is 5. The molecular weight excluding hydrogens is 464 g/mol. The van der Waals surface area contributed by atoms with Crippen LogP contribution in [-0.2, 0) is 11.5 Å². The van der Waals surface area contributed by atoms with Crippen LogP contribution in [0.5, 0.6) is 11.5 Å². The molecule has 4 heterocycles. The van der Waals surface area contributed by atoms with Gasteiger partial charge >= 0.3 is 0 Å². The van der Waals surface area contributed by atoms with E-state index >= 15 is 0 Å². The molecule has 1 aliphatic rings. The van der Waals surface area contributed by atoms with Crippen LogP contribution >= 0.6 is 10.0 Å². The van der Waals surface area contributed by atoms with Gasteiger partial charge in [-0.2, -0.15) is 0 Å². The van der Waals surface area contributed by atoms with E-state index in [2.05, 4.69) is 28.7 Å². The fourth-order valence-corrected chi connectivity index (χ4v) is 4.86. The molecule has 0 spiro atoms. The van der Waals surface area contributed by atoms with E-state index in [1.807, 2.05) is 47.2 Å². The van der Waals surface area contributed by atoms with Crippen molar-refractivity contribution in [1.82, 2.24) is 14.5 Å². The number of fused-ring (bicyclic) bond motifs is 2. The van der Waals surface area contributed by atoms with Crippen molar-refractivity contribution in [1.29, 1.82) is 0 Å². The Hall–Kier alpha value is -3.43. The first-order chi connectivity index (χ1) is 16.8. The highest BCUT2D eigenvalue weighted by Gasteiger charge is 2.24. The Morgan fingerprint density at radius 2 is 1.94 bits per heavy atom. The Labute approximate surface area is 205 Å². The Bertz CT molecular complexity index is 1390. The molecule has 0 saturated heterocycles. The standard InChI is InChI=1S/C26H30N4O4S/c1-35(2,3)13-12-32-16-30-21(18-6-8-28-26-19(18)7-9-29-26)15-20(25(27)31)24(30)17-4-5-22-23(14-17)34-11-10-33-22/h4-9,14-15H,10-13,16H2,1-3H3,(H2,27,31)(H,28,29). The van der Waals surface area contributed by atoms with Crippen LogP contribution in [0.2, 0.25) is 0 Å². The number of benzene rings is 1. The molecule has 0 atom stereocenters. The van der Waals surface area contributed by atoms with Gasteiger partial charge < -0.3 is 29.5 Å². The van der Waals surface area contributed by atoms with Crippen LogP contribution in [0.3, 0.4) is 0 Å². The van der Waals surface area contributed by atoms with Crippen molar-refractivity contribution < 1.29 is 19.0 Å². The number of nitrogens with one attached hydrogen (secondary N) is 1. The molecule has 1 amide bonds. The number of H-pyrrole nitrogens is 1. The van der Waals surface area contributed by atoms with Crippen LogP contribution in [0, 0.1) is 0 Å². The van der Waals surface area contributed by atoms with Crippen molar-refractivity contribution in [2.24, 2.45) is 5.73 Å². The van der Waals surface area contributed by atoms with Crippen molar-refractivity contribution in [2.75, 3.05) is 44.3 Å². The van der Waals surface area contributed by atoms with Crippen LogP contribution in [0.15, 0.2) is 48.8 Å². The predicted octanol–water partition coefficient (Wildman–Crippen LogP) is 4.24. The minimum Gasteiger partial charge on any atom is -0.486 e. The molecule has 0 aliphatic carbocycles. The summed E-state index contributed by atoms with van der Waals surface area (Å²) >= 11 is 0. The van der Waals surface area contributed by atoms with Gasteiger partial charge in [-0.05, 0) is 55.2 Å². The molecule has 0 bridgehead atoms. The van der Waals surface area contributed by atoms with Gasteiger partial charge in [-0.1, -0.05) is 0 Å². The van der Waals surface area contributed by atoms with E-state index in [0.29, 0.717) is 42.6 Å². The first-order valence-corrected chi connectivity index (χ1v) is 14.4. The lowest BCUT2D eigenvalue weighted by Gasteiger charge is -2.25. The van der Waals surface area contributed by atoms with Gasteiger partial charge in [0.2, 0.25) is 0 Å². The number of amides is 1. The number of carbonyl (C=O) groups is 1. The molecule has 5 rings (SSSR count). The molecule has 35 heavy (non-hydrogen) atoms. The van der Waals surface area contributed by atoms with E-state index < -0.39 is 15.9 Å². The third kappa shape index (κ3) is 4.74. The van der Waals surface area contributed by atoms with Crippen LogP contribution in [0.25, 0.3) is 33.5 Å². The lowest BCUT2D eigenvalue weighted by atomic mass is 10.1. The number of primary amides is 1. The van der Waals surface area contributed by atoms with E-state index in [1.54, 1.807) is 6.20 Å². The molecule has 0 fully saturated rings. The Morgan fingerprint density at radius 3 is 2.71 bits per heavy atom. The van der Waals surface area contributed by atoms with Gasteiger partial charge in [-0.3, -0.25) is 4.79 Å². The molecule has 8 nitrogen and oxygen atoms in total. The molecule has 184 valence electrons. The number of nitrogens with two attached hydrogens (primary N) is 1. The summed E-state index contributed by atoms with van der Waals surface area (Å²) in [7, 11) is -0.694. The summed E-state index contributed by atoms with van der Waals surface area (Å²) in [6.45, 7) is 1.89. The number of ether oxygens (including phenoxy) is 3. The zero-order valence-corrected chi connectivity index (χ0v) is 21.0. The first-order valence-electron chi connectivity index (χ1n) is 11.4. The zero-order valence-electron chi connectivity index (χ0n) is 20.2. The van der Waals surface area contributed by atoms with Crippen LogP contribution < -0.4 is 15.2 Å². The molecule has 0 radical (unpaired) electrons. The minimum atomic E-state index is -0.694. The molecule has 0 unspecified atom stereocenters. The van der Waals surface area contributed by atoms with Crippen molar-refractivity contribution in [3.8, 4) is 34.0 Å². The largest absolute Gasteiger partial charge is 0.486 e. The van der Waals surface area contributed by atoms with E-state index in [0.717, 1.165) is 33.6 Å². The molecule has 1 aliphatic heterocycles. The third-order valence-corrected chi connectivity index (χ3v) is 7.37. The minimum absolute atomic E-state index is 0.274. The Morgan fingerprint density at radius 1 is 1.14 bits per heavy atom. The van der Waals surface area contributed by atoms with E-state index in [9.17, 15) is 4.79 Å². The Kier molecular flexibility index (Phi) is 6.21. The summed E-state index contributed by atoms with van der Waals surface area (Å²) in [6.07, 6.45) is 10.4.